The lowest BCUT2D eigenvalue weighted by molar-refractivity contribution is 0.922. The van der Waals surface area contributed by atoms with Crippen molar-refractivity contribution in [3.05, 3.63) is 35.7 Å². The molecule has 0 aliphatic carbocycles. The lowest BCUT2D eigenvalue weighted by Gasteiger charge is -1.94. The van der Waals surface area contributed by atoms with Crippen LogP contribution in [0.15, 0.2) is 24.4 Å². The number of pyridine rings is 1. The second kappa shape index (κ2) is 5.07. The van der Waals surface area contributed by atoms with Crippen molar-refractivity contribution in [3.63, 3.8) is 0 Å². The van der Waals surface area contributed by atoms with E-state index in [0.29, 0.717) is 5.69 Å². The maximum absolute atomic E-state index is 8.71. The molecule has 0 saturated heterocycles. The fraction of sp³-hybridized carbons (Fsp3) is 0.200. The smallest absolute Gasteiger partial charge is 0.147 e. The van der Waals surface area contributed by atoms with Crippen LogP contribution in [0.2, 0.25) is 0 Å². The van der Waals surface area contributed by atoms with Crippen LogP contribution in [0.3, 0.4) is 0 Å². The maximum atomic E-state index is 8.71. The Labute approximate surface area is 77.7 Å². The highest BCUT2D eigenvalue weighted by atomic mass is 14.8. The summed E-state index contributed by atoms with van der Waals surface area (Å²) in [5.74, 6) is 0. The number of rotatable bonds is 3. The number of hydrogen-bond acceptors (Lipinski definition) is 3. The highest BCUT2D eigenvalue weighted by Gasteiger charge is 1.95. The molecule has 0 bridgehead atoms. The molecule has 13 heavy (non-hydrogen) atoms. The quantitative estimate of drug-likeness (QED) is 0.746. The lowest BCUT2D eigenvalue weighted by Crippen LogP contribution is -2.03. The number of nitriles is 1. The summed E-state index contributed by atoms with van der Waals surface area (Å²) in [7, 11) is 1.87. The van der Waals surface area contributed by atoms with Gasteiger partial charge in [-0.2, -0.15) is 5.26 Å². The number of nitrogens with zero attached hydrogens (tertiary/aromatic N) is 2. The van der Waals surface area contributed by atoms with Crippen molar-refractivity contribution >= 4 is 6.08 Å². The van der Waals surface area contributed by atoms with Crippen LogP contribution >= 0.6 is 0 Å². The van der Waals surface area contributed by atoms with Crippen molar-refractivity contribution in [2.75, 3.05) is 13.6 Å². The third-order valence-corrected chi connectivity index (χ3v) is 1.56. The number of nitrogens with one attached hydrogen (secondary N) is 1. The average molecular weight is 173 g/mol. The van der Waals surface area contributed by atoms with Crippen molar-refractivity contribution < 1.29 is 0 Å². The van der Waals surface area contributed by atoms with Gasteiger partial charge < -0.3 is 5.32 Å². The Kier molecular flexibility index (Phi) is 3.68. The van der Waals surface area contributed by atoms with Gasteiger partial charge in [-0.1, -0.05) is 18.2 Å². The first-order chi connectivity index (χ1) is 6.38. The predicted octanol–water partition coefficient (Wildman–Crippen LogP) is 1.19. The standard InChI is InChI=1S/C10H11N3/c1-12-6-2-4-9-5-3-7-13-10(9)8-11/h2-5,7,12H,6H2,1H3. The zero-order valence-corrected chi connectivity index (χ0v) is 7.49. The fourth-order valence-electron chi connectivity index (χ4n) is 0.949. The van der Waals surface area contributed by atoms with Gasteiger partial charge in [0.05, 0.1) is 0 Å². The molecule has 0 spiro atoms. The first-order valence-electron chi connectivity index (χ1n) is 4.04. The fourth-order valence-corrected chi connectivity index (χ4v) is 0.949. The monoisotopic (exact) mass is 173 g/mol. The SMILES string of the molecule is CNCC=Cc1cccnc1C#N. The van der Waals surface area contributed by atoms with Gasteiger partial charge in [0.1, 0.15) is 11.8 Å². The third-order valence-electron chi connectivity index (χ3n) is 1.56. The molecule has 1 aromatic heterocycles. The number of likely N-dealkylation sites (N-methyl/N-ethyl adjacent to an activating group) is 1. The van der Waals surface area contributed by atoms with Gasteiger partial charge in [0.15, 0.2) is 0 Å². The molecule has 3 heteroatoms. The molecular formula is C10H11N3. The van der Waals surface area contributed by atoms with Gasteiger partial charge in [0.25, 0.3) is 0 Å². The van der Waals surface area contributed by atoms with E-state index in [2.05, 4.69) is 10.3 Å². The average Bonchev–Trinajstić information content (AvgIpc) is 2.19. The summed E-state index contributed by atoms with van der Waals surface area (Å²) in [6.07, 6.45) is 5.47. The van der Waals surface area contributed by atoms with E-state index in [1.165, 1.54) is 0 Å². The minimum atomic E-state index is 0.467. The zero-order chi connectivity index (χ0) is 9.52. The largest absolute Gasteiger partial charge is 0.316 e. The highest BCUT2D eigenvalue weighted by Crippen LogP contribution is 2.05. The molecule has 0 saturated carbocycles. The van der Waals surface area contributed by atoms with Crippen LogP contribution in [0.1, 0.15) is 11.3 Å². The summed E-state index contributed by atoms with van der Waals surface area (Å²) in [4.78, 5) is 3.94. The summed E-state index contributed by atoms with van der Waals surface area (Å²) >= 11 is 0. The Bertz CT molecular complexity index is 336. The lowest BCUT2D eigenvalue weighted by atomic mass is 10.2. The van der Waals surface area contributed by atoms with Crippen molar-refractivity contribution in [1.29, 1.82) is 5.26 Å². The molecule has 1 aromatic rings. The molecule has 1 N–H and O–H groups in total. The van der Waals surface area contributed by atoms with Crippen LogP contribution in [0.25, 0.3) is 6.08 Å². The van der Waals surface area contributed by atoms with Gasteiger partial charge in [0.2, 0.25) is 0 Å². The van der Waals surface area contributed by atoms with Crippen LogP contribution in [0.5, 0.6) is 0 Å². The van der Waals surface area contributed by atoms with E-state index in [9.17, 15) is 0 Å². The van der Waals surface area contributed by atoms with E-state index >= 15 is 0 Å². The van der Waals surface area contributed by atoms with E-state index in [0.717, 1.165) is 12.1 Å². The van der Waals surface area contributed by atoms with Gasteiger partial charge in [-0.05, 0) is 13.1 Å². The Morgan fingerprint density at radius 1 is 1.69 bits per heavy atom. The Morgan fingerprint density at radius 3 is 3.23 bits per heavy atom. The first kappa shape index (κ1) is 9.43. The summed E-state index contributed by atoms with van der Waals surface area (Å²) in [6.45, 7) is 0.791. The Hall–Kier alpha value is -1.66. The molecule has 0 amide bonds. The molecule has 1 rings (SSSR count). The number of hydrogen-bond donors (Lipinski definition) is 1. The molecule has 66 valence electrons. The van der Waals surface area contributed by atoms with Crippen LogP contribution in [-0.2, 0) is 0 Å². The first-order valence-corrected chi connectivity index (χ1v) is 4.04. The van der Waals surface area contributed by atoms with Crippen LogP contribution in [0, 0.1) is 11.3 Å². The van der Waals surface area contributed by atoms with E-state index in [-0.39, 0.29) is 0 Å². The van der Waals surface area contributed by atoms with Crippen molar-refractivity contribution in [2.24, 2.45) is 0 Å². The summed E-state index contributed by atoms with van der Waals surface area (Å²) in [5, 5.41) is 11.7. The molecule has 3 nitrogen and oxygen atoms in total. The van der Waals surface area contributed by atoms with Gasteiger partial charge in [-0.15, -0.1) is 0 Å². The molecular weight excluding hydrogens is 162 g/mol. The molecule has 0 aromatic carbocycles. The number of aromatic nitrogens is 1. The molecule has 0 atom stereocenters. The van der Waals surface area contributed by atoms with Crippen LogP contribution in [-0.4, -0.2) is 18.6 Å². The minimum absolute atomic E-state index is 0.467. The van der Waals surface area contributed by atoms with Gasteiger partial charge >= 0.3 is 0 Å². The Morgan fingerprint density at radius 2 is 2.54 bits per heavy atom. The molecule has 0 unspecified atom stereocenters. The molecule has 0 radical (unpaired) electrons. The van der Waals surface area contributed by atoms with E-state index < -0.39 is 0 Å². The molecule has 0 fully saturated rings. The summed E-state index contributed by atoms with van der Waals surface area (Å²) in [5.41, 5.74) is 1.33. The van der Waals surface area contributed by atoms with Crippen molar-refractivity contribution in [2.45, 2.75) is 0 Å². The van der Waals surface area contributed by atoms with Crippen LogP contribution < -0.4 is 5.32 Å². The Balaban J connectivity index is 2.82. The second-order valence-electron chi connectivity index (χ2n) is 2.51. The van der Waals surface area contributed by atoms with E-state index in [1.54, 1.807) is 6.20 Å². The van der Waals surface area contributed by atoms with Crippen molar-refractivity contribution in [1.82, 2.24) is 10.3 Å². The van der Waals surface area contributed by atoms with Gasteiger partial charge in [-0.25, -0.2) is 4.98 Å². The molecule has 0 aliphatic rings. The van der Waals surface area contributed by atoms with Crippen molar-refractivity contribution in [3.8, 4) is 6.07 Å². The predicted molar refractivity (Wildman–Crippen MR) is 51.9 cm³/mol. The summed E-state index contributed by atoms with van der Waals surface area (Å²) < 4.78 is 0. The van der Waals surface area contributed by atoms with E-state index in [4.69, 9.17) is 5.26 Å². The highest BCUT2D eigenvalue weighted by molar-refractivity contribution is 5.55. The zero-order valence-electron chi connectivity index (χ0n) is 7.49. The third kappa shape index (κ3) is 2.69. The van der Waals surface area contributed by atoms with E-state index in [1.807, 2.05) is 37.4 Å². The summed E-state index contributed by atoms with van der Waals surface area (Å²) in [6, 6.07) is 5.73. The normalized spacial score (nSPS) is 10.2. The topological polar surface area (TPSA) is 48.7 Å². The van der Waals surface area contributed by atoms with Gasteiger partial charge in [-0.3, -0.25) is 0 Å². The minimum Gasteiger partial charge on any atom is -0.316 e. The molecule has 0 aliphatic heterocycles. The second-order valence-corrected chi connectivity index (χ2v) is 2.51. The van der Waals surface area contributed by atoms with Crippen LogP contribution in [0.4, 0.5) is 0 Å². The maximum Gasteiger partial charge on any atom is 0.147 e. The molecule has 1 heterocycles. The van der Waals surface area contributed by atoms with Gasteiger partial charge in [0, 0.05) is 18.3 Å².